The number of halogens is 1. The van der Waals surface area contributed by atoms with Gasteiger partial charge in [-0.15, -0.1) is 24.0 Å². The zero-order valence-corrected chi connectivity index (χ0v) is 20.4. The van der Waals surface area contributed by atoms with Gasteiger partial charge in [0.2, 0.25) is 0 Å². The van der Waals surface area contributed by atoms with Gasteiger partial charge in [-0.05, 0) is 31.0 Å². The maximum atomic E-state index is 11.3. The Bertz CT molecular complexity index is 781. The molecule has 9 heteroatoms. The lowest BCUT2D eigenvalue weighted by Crippen LogP contribution is -2.46. The van der Waals surface area contributed by atoms with Crippen molar-refractivity contribution in [1.29, 1.82) is 0 Å². The molecule has 2 N–H and O–H groups in total. The number of nitrogens with one attached hydrogen (secondary N) is 2. The number of guanidine groups is 1. The molecular formula is C19H32IN3O4S. The summed E-state index contributed by atoms with van der Waals surface area (Å²) in [6, 6.07) is 6.04. The largest absolute Gasteiger partial charge is 0.486 e. The Morgan fingerprint density at radius 1 is 1.25 bits per heavy atom. The van der Waals surface area contributed by atoms with Gasteiger partial charge in [-0.2, -0.15) is 0 Å². The van der Waals surface area contributed by atoms with Crippen LogP contribution in [0.4, 0.5) is 0 Å². The van der Waals surface area contributed by atoms with Gasteiger partial charge in [0.05, 0.1) is 5.75 Å². The average molecular weight is 525 g/mol. The molecule has 0 fully saturated rings. The Hall–Kier alpha value is -1.23. The highest BCUT2D eigenvalue weighted by Gasteiger charge is 2.24. The third kappa shape index (κ3) is 7.65. The van der Waals surface area contributed by atoms with E-state index in [1.165, 1.54) is 6.26 Å². The van der Waals surface area contributed by atoms with Crippen molar-refractivity contribution in [1.82, 2.24) is 10.6 Å². The van der Waals surface area contributed by atoms with Crippen LogP contribution in [0, 0.1) is 0 Å². The predicted molar refractivity (Wildman–Crippen MR) is 124 cm³/mol. The van der Waals surface area contributed by atoms with E-state index in [0.29, 0.717) is 32.1 Å². The molecule has 1 aromatic carbocycles. The Morgan fingerprint density at radius 2 is 1.89 bits per heavy atom. The standard InChI is InChI=1S/C19H31N3O4S.HI/c1-14(8-11-27(5,23)24)22-18(20-4)21-13-19(2,3)15-6-7-16-17(12-15)26-10-9-25-16;/h6-7,12,14H,8-11,13H2,1-5H3,(H2,20,21,22);1H. The second-order valence-electron chi connectivity index (χ2n) is 7.63. The van der Waals surface area contributed by atoms with Crippen LogP contribution in [0.3, 0.4) is 0 Å². The van der Waals surface area contributed by atoms with Crippen LogP contribution >= 0.6 is 24.0 Å². The minimum absolute atomic E-state index is 0. The van der Waals surface area contributed by atoms with Crippen molar-refractivity contribution in [3.63, 3.8) is 0 Å². The van der Waals surface area contributed by atoms with Crippen molar-refractivity contribution in [3.05, 3.63) is 23.8 Å². The lowest BCUT2D eigenvalue weighted by atomic mass is 9.84. The van der Waals surface area contributed by atoms with Crippen LogP contribution in [0.15, 0.2) is 23.2 Å². The third-order valence-corrected chi connectivity index (χ3v) is 5.53. The van der Waals surface area contributed by atoms with Crippen molar-refractivity contribution in [3.8, 4) is 11.5 Å². The van der Waals surface area contributed by atoms with Gasteiger partial charge < -0.3 is 20.1 Å². The summed E-state index contributed by atoms with van der Waals surface area (Å²) in [5.74, 6) is 2.37. The monoisotopic (exact) mass is 525 g/mol. The summed E-state index contributed by atoms with van der Waals surface area (Å²) in [6.07, 6.45) is 1.79. The summed E-state index contributed by atoms with van der Waals surface area (Å²) in [5, 5.41) is 6.58. The molecule has 0 amide bonds. The molecule has 1 aromatic rings. The van der Waals surface area contributed by atoms with E-state index in [4.69, 9.17) is 9.47 Å². The zero-order valence-electron chi connectivity index (χ0n) is 17.2. The molecule has 0 spiro atoms. The summed E-state index contributed by atoms with van der Waals surface area (Å²) in [5.41, 5.74) is 0.975. The number of nitrogens with zero attached hydrogens (tertiary/aromatic N) is 1. The smallest absolute Gasteiger partial charge is 0.191 e. The SMILES string of the molecule is CN=C(NCC(C)(C)c1ccc2c(c1)OCCO2)NC(C)CCS(C)(=O)=O.I. The summed E-state index contributed by atoms with van der Waals surface area (Å²) in [6.45, 7) is 8.04. The number of sulfone groups is 1. The molecule has 0 bridgehead atoms. The Balaban J connectivity index is 0.00000392. The van der Waals surface area contributed by atoms with Crippen molar-refractivity contribution in [2.75, 3.05) is 38.8 Å². The van der Waals surface area contributed by atoms with Crippen molar-refractivity contribution in [2.45, 2.75) is 38.6 Å². The number of ether oxygens (including phenoxy) is 2. The van der Waals surface area contributed by atoms with Gasteiger partial charge in [-0.25, -0.2) is 8.42 Å². The average Bonchev–Trinajstić information content (AvgIpc) is 2.62. The van der Waals surface area contributed by atoms with E-state index in [9.17, 15) is 8.42 Å². The Morgan fingerprint density at radius 3 is 2.50 bits per heavy atom. The number of hydrogen-bond acceptors (Lipinski definition) is 5. The van der Waals surface area contributed by atoms with Gasteiger partial charge in [0.15, 0.2) is 17.5 Å². The van der Waals surface area contributed by atoms with Gasteiger partial charge >= 0.3 is 0 Å². The maximum absolute atomic E-state index is 11.3. The normalized spacial score (nSPS) is 15.4. The molecule has 0 radical (unpaired) electrons. The lowest BCUT2D eigenvalue weighted by molar-refractivity contribution is 0.171. The van der Waals surface area contributed by atoms with Crippen LogP contribution in [0.2, 0.25) is 0 Å². The Labute approximate surface area is 185 Å². The minimum atomic E-state index is -2.96. The summed E-state index contributed by atoms with van der Waals surface area (Å²) >= 11 is 0. The first-order valence-electron chi connectivity index (χ1n) is 9.16. The van der Waals surface area contributed by atoms with E-state index < -0.39 is 9.84 Å². The first-order chi connectivity index (χ1) is 12.6. The van der Waals surface area contributed by atoms with Crippen LogP contribution in [0.5, 0.6) is 11.5 Å². The van der Waals surface area contributed by atoms with Gasteiger partial charge in [-0.1, -0.05) is 19.9 Å². The van der Waals surface area contributed by atoms with Crippen LogP contribution in [-0.4, -0.2) is 59.2 Å². The summed E-state index contributed by atoms with van der Waals surface area (Å²) < 4.78 is 33.9. The van der Waals surface area contributed by atoms with Crippen molar-refractivity contribution in [2.24, 2.45) is 4.99 Å². The van der Waals surface area contributed by atoms with Gasteiger partial charge in [-0.3, -0.25) is 4.99 Å². The van der Waals surface area contributed by atoms with Gasteiger partial charge in [0, 0.05) is 31.3 Å². The van der Waals surface area contributed by atoms with Crippen LogP contribution in [0.25, 0.3) is 0 Å². The van der Waals surface area contributed by atoms with E-state index in [1.807, 2.05) is 19.1 Å². The molecule has 1 atom stereocenters. The Kier molecular flexibility index (Phi) is 9.32. The van der Waals surface area contributed by atoms with E-state index in [-0.39, 0.29) is 41.2 Å². The topological polar surface area (TPSA) is 89.0 Å². The number of hydrogen-bond donors (Lipinski definition) is 2. The molecule has 1 aliphatic rings. The van der Waals surface area contributed by atoms with Gasteiger partial charge in [0.1, 0.15) is 23.1 Å². The van der Waals surface area contributed by atoms with E-state index in [0.717, 1.165) is 17.1 Å². The molecule has 0 saturated carbocycles. The number of fused-ring (bicyclic) bond motifs is 1. The second kappa shape index (κ2) is 10.5. The second-order valence-corrected chi connectivity index (χ2v) is 9.89. The third-order valence-electron chi connectivity index (χ3n) is 4.55. The molecule has 160 valence electrons. The molecular weight excluding hydrogens is 493 g/mol. The highest BCUT2D eigenvalue weighted by molar-refractivity contribution is 14.0. The predicted octanol–water partition coefficient (Wildman–Crippen LogP) is 2.34. The van der Waals surface area contributed by atoms with E-state index >= 15 is 0 Å². The number of benzene rings is 1. The minimum Gasteiger partial charge on any atom is -0.486 e. The summed E-state index contributed by atoms with van der Waals surface area (Å²) in [7, 11) is -1.26. The molecule has 0 aromatic heterocycles. The fraction of sp³-hybridized carbons (Fsp3) is 0.632. The van der Waals surface area contributed by atoms with Crippen molar-refractivity contribution >= 4 is 39.8 Å². The fourth-order valence-electron chi connectivity index (χ4n) is 2.76. The molecule has 7 nitrogen and oxygen atoms in total. The fourth-order valence-corrected chi connectivity index (χ4v) is 3.54. The molecule has 1 heterocycles. The van der Waals surface area contributed by atoms with Gasteiger partial charge in [0.25, 0.3) is 0 Å². The van der Waals surface area contributed by atoms with Crippen LogP contribution in [0.1, 0.15) is 32.8 Å². The lowest BCUT2D eigenvalue weighted by Gasteiger charge is -2.29. The molecule has 2 rings (SSSR count). The highest BCUT2D eigenvalue weighted by Crippen LogP contribution is 2.34. The quantitative estimate of drug-likeness (QED) is 0.323. The first kappa shape index (κ1) is 24.8. The molecule has 1 unspecified atom stereocenters. The number of aliphatic imine (C=N–C) groups is 1. The maximum Gasteiger partial charge on any atom is 0.191 e. The molecule has 1 aliphatic heterocycles. The zero-order chi connectivity index (χ0) is 20.1. The summed E-state index contributed by atoms with van der Waals surface area (Å²) in [4.78, 5) is 4.24. The van der Waals surface area contributed by atoms with Crippen molar-refractivity contribution < 1.29 is 17.9 Å². The number of rotatable bonds is 7. The van der Waals surface area contributed by atoms with Crippen LogP contribution in [-0.2, 0) is 15.3 Å². The first-order valence-corrected chi connectivity index (χ1v) is 11.2. The van der Waals surface area contributed by atoms with Crippen LogP contribution < -0.4 is 20.1 Å². The highest BCUT2D eigenvalue weighted by atomic mass is 127. The van der Waals surface area contributed by atoms with E-state index in [2.05, 4.69) is 35.5 Å². The molecule has 0 saturated heterocycles. The molecule has 28 heavy (non-hydrogen) atoms. The molecule has 0 aliphatic carbocycles. The van der Waals surface area contributed by atoms with E-state index in [1.54, 1.807) is 7.05 Å².